The van der Waals surface area contributed by atoms with Crippen molar-refractivity contribution in [3.8, 4) is 0 Å². The first-order valence-electron chi connectivity index (χ1n) is 7.13. The predicted octanol–water partition coefficient (Wildman–Crippen LogP) is 6.48. The smallest absolute Gasteiger partial charge is 0.0602 e. The summed E-state index contributed by atoms with van der Waals surface area (Å²) >= 11 is 7.83. The van der Waals surface area contributed by atoms with Gasteiger partial charge in [-0.15, -0.1) is 23.7 Å². The van der Waals surface area contributed by atoms with Gasteiger partial charge < -0.3 is 4.90 Å². The Hall–Kier alpha value is -1.55. The topological polar surface area (TPSA) is 16.1 Å². The van der Waals surface area contributed by atoms with Crippen molar-refractivity contribution in [2.45, 2.75) is 13.8 Å². The Morgan fingerprint density at radius 2 is 1.96 bits per heavy atom. The summed E-state index contributed by atoms with van der Waals surface area (Å²) in [4.78, 5) is 6.43. The van der Waals surface area contributed by atoms with Crippen molar-refractivity contribution >= 4 is 56.8 Å². The van der Waals surface area contributed by atoms with Crippen LogP contribution in [0.4, 0.5) is 11.4 Å². The minimum absolute atomic E-state index is 0. The van der Waals surface area contributed by atoms with Gasteiger partial charge in [0.2, 0.25) is 0 Å². The Labute approximate surface area is 151 Å². The molecule has 0 aliphatic carbocycles. The van der Waals surface area contributed by atoms with Gasteiger partial charge in [0.1, 0.15) is 0 Å². The summed E-state index contributed by atoms with van der Waals surface area (Å²) in [7, 11) is 0. The lowest BCUT2D eigenvalue weighted by atomic mass is 10.2. The number of pyridine rings is 1. The Kier molecular flexibility index (Phi) is 6.05. The van der Waals surface area contributed by atoms with Crippen LogP contribution in [0.15, 0.2) is 59.8 Å². The molecule has 0 aliphatic heterocycles. The summed E-state index contributed by atoms with van der Waals surface area (Å²) in [6.45, 7) is 5.08. The van der Waals surface area contributed by atoms with Gasteiger partial charge in [-0.1, -0.05) is 23.3 Å². The molecule has 3 rings (SSSR count). The minimum Gasteiger partial charge on any atom is -0.336 e. The third kappa shape index (κ3) is 4.05. The van der Waals surface area contributed by atoms with E-state index in [1.165, 1.54) is 21.3 Å². The van der Waals surface area contributed by atoms with Crippen LogP contribution in [0.1, 0.15) is 13.8 Å². The first-order valence-corrected chi connectivity index (χ1v) is 8.38. The van der Waals surface area contributed by atoms with Gasteiger partial charge in [0, 0.05) is 45.1 Å². The molecule has 3 aromatic rings. The van der Waals surface area contributed by atoms with Crippen molar-refractivity contribution in [3.05, 3.63) is 64.8 Å². The summed E-state index contributed by atoms with van der Waals surface area (Å²) in [6.07, 6.45) is 5.90. The van der Waals surface area contributed by atoms with E-state index in [0.29, 0.717) is 0 Å². The lowest BCUT2D eigenvalue weighted by molar-refractivity contribution is 1.08. The van der Waals surface area contributed by atoms with Crippen LogP contribution in [-0.4, -0.2) is 11.5 Å². The lowest BCUT2D eigenvalue weighted by Gasteiger charge is -2.23. The Morgan fingerprint density at radius 1 is 1.22 bits per heavy atom. The molecule has 0 radical (unpaired) electrons. The third-order valence-electron chi connectivity index (χ3n) is 3.46. The van der Waals surface area contributed by atoms with Crippen LogP contribution in [0.5, 0.6) is 0 Å². The molecule has 0 spiro atoms. The molecule has 2 aromatic heterocycles. The molecular weight excluding hydrogens is 347 g/mol. The van der Waals surface area contributed by atoms with E-state index in [1.54, 1.807) is 11.3 Å². The molecule has 120 valence electrons. The molecule has 0 bridgehead atoms. The van der Waals surface area contributed by atoms with E-state index in [2.05, 4.69) is 41.3 Å². The van der Waals surface area contributed by atoms with E-state index in [0.717, 1.165) is 17.3 Å². The molecule has 0 N–H and O–H groups in total. The normalized spacial score (nSPS) is 10.2. The molecule has 0 atom stereocenters. The monoisotopic (exact) mass is 364 g/mol. The molecule has 2 nitrogen and oxygen atoms in total. The largest absolute Gasteiger partial charge is 0.336 e. The van der Waals surface area contributed by atoms with Gasteiger partial charge in [-0.2, -0.15) is 0 Å². The number of thiophene rings is 1. The second-order valence-corrected chi connectivity index (χ2v) is 6.71. The number of nitrogens with zero attached hydrogens (tertiary/aromatic N) is 2. The van der Waals surface area contributed by atoms with Gasteiger partial charge in [0.15, 0.2) is 0 Å². The minimum atomic E-state index is 0. The maximum Gasteiger partial charge on any atom is 0.0602 e. The molecule has 0 fully saturated rings. The van der Waals surface area contributed by atoms with Crippen LogP contribution in [0.25, 0.3) is 10.1 Å². The van der Waals surface area contributed by atoms with E-state index >= 15 is 0 Å². The zero-order valence-corrected chi connectivity index (χ0v) is 15.4. The third-order valence-corrected chi connectivity index (χ3v) is 4.63. The lowest BCUT2D eigenvalue weighted by Crippen LogP contribution is -2.16. The Morgan fingerprint density at radius 3 is 2.65 bits per heavy atom. The van der Waals surface area contributed by atoms with E-state index in [4.69, 9.17) is 11.6 Å². The van der Waals surface area contributed by atoms with Crippen molar-refractivity contribution < 1.29 is 0 Å². The second kappa shape index (κ2) is 7.82. The summed E-state index contributed by atoms with van der Waals surface area (Å²) < 4.78 is 1.21. The highest BCUT2D eigenvalue weighted by atomic mass is 35.5. The Bertz CT molecular complexity index is 808. The molecule has 0 amide bonds. The first kappa shape index (κ1) is 17.8. The van der Waals surface area contributed by atoms with Crippen LogP contribution in [-0.2, 0) is 0 Å². The summed E-state index contributed by atoms with van der Waals surface area (Å²) in [5.41, 5.74) is 3.66. The number of benzene rings is 1. The van der Waals surface area contributed by atoms with Gasteiger partial charge in [-0.25, -0.2) is 0 Å². The van der Waals surface area contributed by atoms with Crippen LogP contribution >= 0.6 is 35.3 Å². The number of hydrogen-bond donors (Lipinski definition) is 0. The maximum atomic E-state index is 6.10. The number of halogens is 2. The number of anilines is 2. The highest BCUT2D eigenvalue weighted by molar-refractivity contribution is 7.17. The van der Waals surface area contributed by atoms with Crippen molar-refractivity contribution in [3.63, 3.8) is 0 Å². The molecular formula is C18H18Cl2N2S. The highest BCUT2D eigenvalue weighted by Crippen LogP contribution is 2.37. The molecule has 0 unspecified atom stereocenters. The average Bonchev–Trinajstić information content (AvgIpc) is 2.91. The molecule has 0 aliphatic rings. The van der Waals surface area contributed by atoms with Crippen molar-refractivity contribution in [1.29, 1.82) is 0 Å². The van der Waals surface area contributed by atoms with E-state index < -0.39 is 0 Å². The molecule has 5 heteroatoms. The molecule has 0 saturated carbocycles. The van der Waals surface area contributed by atoms with Gasteiger partial charge in [-0.3, -0.25) is 4.98 Å². The standard InChI is InChI=1S/C18H17ClN2S.ClH/c1-13(2)7-10-21(15-5-8-20-9-6-15)17-12-22-18-11-14(19)3-4-16(17)18;/h3-9,11-12H,10H2,1-2H3;1H. The fraction of sp³-hybridized carbons (Fsp3) is 0.167. The van der Waals surface area contributed by atoms with Crippen LogP contribution in [0, 0.1) is 0 Å². The summed E-state index contributed by atoms with van der Waals surface area (Å²) in [6, 6.07) is 10.2. The van der Waals surface area contributed by atoms with Crippen LogP contribution in [0.2, 0.25) is 5.02 Å². The highest BCUT2D eigenvalue weighted by Gasteiger charge is 2.13. The molecule has 0 saturated heterocycles. The van der Waals surface area contributed by atoms with Crippen molar-refractivity contribution in [1.82, 2.24) is 4.98 Å². The van der Waals surface area contributed by atoms with Gasteiger partial charge in [0.05, 0.1) is 5.69 Å². The van der Waals surface area contributed by atoms with Crippen molar-refractivity contribution in [2.24, 2.45) is 0 Å². The summed E-state index contributed by atoms with van der Waals surface area (Å²) in [5, 5.41) is 4.20. The number of hydrogen-bond acceptors (Lipinski definition) is 3. The average molecular weight is 365 g/mol. The zero-order valence-electron chi connectivity index (χ0n) is 13.0. The maximum absolute atomic E-state index is 6.10. The van der Waals surface area contributed by atoms with E-state index in [-0.39, 0.29) is 12.4 Å². The fourth-order valence-corrected chi connectivity index (χ4v) is 3.56. The number of rotatable bonds is 4. The van der Waals surface area contributed by atoms with E-state index in [1.807, 2.05) is 36.7 Å². The zero-order chi connectivity index (χ0) is 15.5. The number of aromatic nitrogens is 1. The van der Waals surface area contributed by atoms with Crippen LogP contribution in [0.3, 0.4) is 0 Å². The fourth-order valence-electron chi connectivity index (χ4n) is 2.34. The van der Waals surface area contributed by atoms with Gasteiger partial charge >= 0.3 is 0 Å². The van der Waals surface area contributed by atoms with Crippen molar-refractivity contribution in [2.75, 3.05) is 11.4 Å². The number of fused-ring (bicyclic) bond motifs is 1. The second-order valence-electron chi connectivity index (χ2n) is 5.36. The van der Waals surface area contributed by atoms with Gasteiger partial charge in [0.25, 0.3) is 0 Å². The first-order chi connectivity index (χ1) is 10.6. The van der Waals surface area contributed by atoms with Crippen LogP contribution < -0.4 is 4.90 Å². The number of allylic oxidation sites excluding steroid dienone is 1. The van der Waals surface area contributed by atoms with Gasteiger partial charge in [-0.05, 0) is 44.2 Å². The SMILES string of the molecule is CC(C)=CCN(c1ccncc1)c1csc2cc(Cl)ccc12.Cl. The summed E-state index contributed by atoms with van der Waals surface area (Å²) in [5.74, 6) is 0. The quantitative estimate of drug-likeness (QED) is 0.492. The molecule has 1 aromatic carbocycles. The predicted molar refractivity (Wildman–Crippen MR) is 105 cm³/mol. The molecule has 2 heterocycles. The Balaban J connectivity index is 0.00000192. The van der Waals surface area contributed by atoms with E-state index in [9.17, 15) is 0 Å². The molecule has 23 heavy (non-hydrogen) atoms.